The van der Waals surface area contributed by atoms with Crippen molar-refractivity contribution in [3.8, 4) is 5.75 Å². The monoisotopic (exact) mass is 535 g/mol. The van der Waals surface area contributed by atoms with Gasteiger partial charge in [-0.15, -0.1) is 0 Å². The number of ether oxygens (including phenoxy) is 2. The van der Waals surface area contributed by atoms with Gasteiger partial charge < -0.3 is 9.47 Å². The van der Waals surface area contributed by atoms with Crippen molar-refractivity contribution in [1.29, 1.82) is 0 Å². The minimum atomic E-state index is -0.685. The molecule has 1 saturated heterocycles. The molecule has 4 rings (SSSR count). The second-order valence-corrected chi connectivity index (χ2v) is 12.2. The van der Waals surface area contributed by atoms with Gasteiger partial charge in [0.1, 0.15) is 17.2 Å². The first-order valence-corrected chi connectivity index (χ1v) is 13.6. The lowest BCUT2D eigenvalue weighted by Crippen LogP contribution is -2.44. The number of carbonyl (C=O) groups excluding carboxylic acids is 1. The summed E-state index contributed by atoms with van der Waals surface area (Å²) in [6.45, 7) is 11.1. The van der Waals surface area contributed by atoms with Gasteiger partial charge in [-0.3, -0.25) is 4.90 Å². The van der Waals surface area contributed by atoms with Crippen molar-refractivity contribution in [3.05, 3.63) is 62.9 Å². The van der Waals surface area contributed by atoms with E-state index in [2.05, 4.69) is 18.7 Å². The van der Waals surface area contributed by atoms with Gasteiger partial charge in [0, 0.05) is 40.7 Å². The Morgan fingerprint density at radius 2 is 1.75 bits per heavy atom. The predicted molar refractivity (Wildman–Crippen MR) is 143 cm³/mol. The first kappa shape index (κ1) is 27.2. The van der Waals surface area contributed by atoms with Crippen LogP contribution in [0, 0.1) is 11.7 Å². The Bertz CT molecular complexity index is 1090. The number of rotatable bonds is 7. The van der Waals surface area contributed by atoms with E-state index in [-0.39, 0.29) is 11.6 Å². The third kappa shape index (κ3) is 6.73. The van der Waals surface area contributed by atoms with Gasteiger partial charge >= 0.3 is 5.97 Å². The molecule has 2 aromatic carbocycles. The molecule has 0 unspecified atom stereocenters. The summed E-state index contributed by atoms with van der Waals surface area (Å²) >= 11 is 12.5. The average Bonchev–Trinajstić information content (AvgIpc) is 3.61. The first-order chi connectivity index (χ1) is 16.9. The largest absolute Gasteiger partial charge is 0.493 e. The van der Waals surface area contributed by atoms with Crippen LogP contribution >= 0.6 is 23.2 Å². The third-order valence-corrected chi connectivity index (χ3v) is 7.54. The maximum Gasteiger partial charge on any atom is 0.341 e. The maximum absolute atomic E-state index is 15.0. The fraction of sp³-hybridized carbons (Fsp3) is 0.552. The van der Waals surface area contributed by atoms with Crippen LogP contribution in [-0.2, 0) is 4.74 Å². The van der Waals surface area contributed by atoms with Crippen LogP contribution in [-0.4, -0.2) is 35.7 Å². The molecular weight excluding hydrogens is 500 g/mol. The topological polar surface area (TPSA) is 38.8 Å². The summed E-state index contributed by atoms with van der Waals surface area (Å²) in [7, 11) is 0. The summed E-state index contributed by atoms with van der Waals surface area (Å²) in [5, 5.41) is 1.27. The highest BCUT2D eigenvalue weighted by Gasteiger charge is 2.33. The Hall–Kier alpha value is -1.82. The standard InChI is InChI=1S/C29H36Cl2FNO3/c1-17-6-7-19(15-33(17)18(2)21-10-22(30)12-23(31)11-21)16-35-27-14-26(32)25(13-24(27)20-8-9-20)28(34)36-29(3,4)5/h10-14,17-20H,6-9,15-16H2,1-5H3/t17-,18-,19-/m1/s1. The van der Waals surface area contributed by atoms with E-state index < -0.39 is 17.4 Å². The lowest BCUT2D eigenvalue weighted by atomic mass is 9.91. The summed E-state index contributed by atoms with van der Waals surface area (Å²) in [5.41, 5.74) is 1.29. The van der Waals surface area contributed by atoms with Crippen molar-refractivity contribution in [2.45, 2.75) is 83.9 Å². The fourth-order valence-corrected chi connectivity index (χ4v) is 5.55. The molecule has 4 nitrogen and oxygen atoms in total. The van der Waals surface area contributed by atoms with Crippen LogP contribution in [0.5, 0.6) is 5.75 Å². The molecule has 7 heteroatoms. The molecule has 1 aliphatic carbocycles. The number of esters is 1. The Morgan fingerprint density at radius 3 is 2.36 bits per heavy atom. The van der Waals surface area contributed by atoms with E-state index in [1.807, 2.05) is 12.1 Å². The van der Waals surface area contributed by atoms with Crippen molar-refractivity contribution in [1.82, 2.24) is 4.90 Å². The number of hydrogen-bond acceptors (Lipinski definition) is 4. The highest BCUT2D eigenvalue weighted by Crippen LogP contribution is 2.45. The van der Waals surface area contributed by atoms with Crippen molar-refractivity contribution in [2.24, 2.45) is 5.92 Å². The van der Waals surface area contributed by atoms with Gasteiger partial charge in [0.2, 0.25) is 0 Å². The Labute approximate surface area is 224 Å². The van der Waals surface area contributed by atoms with Crippen molar-refractivity contribution < 1.29 is 18.7 Å². The lowest BCUT2D eigenvalue weighted by Gasteiger charge is -2.42. The molecule has 1 saturated carbocycles. The van der Waals surface area contributed by atoms with Crippen molar-refractivity contribution >= 4 is 29.2 Å². The van der Waals surface area contributed by atoms with Gasteiger partial charge in [-0.05, 0) is 102 Å². The van der Waals surface area contributed by atoms with Gasteiger partial charge in [0.25, 0.3) is 0 Å². The molecule has 0 radical (unpaired) electrons. The number of nitrogens with zero attached hydrogens (tertiary/aromatic N) is 1. The van der Waals surface area contributed by atoms with E-state index in [1.165, 1.54) is 6.07 Å². The zero-order valence-electron chi connectivity index (χ0n) is 21.7. The molecule has 3 atom stereocenters. The predicted octanol–water partition coefficient (Wildman–Crippen LogP) is 8.21. The van der Waals surface area contributed by atoms with E-state index in [0.717, 1.165) is 43.4 Å². The number of likely N-dealkylation sites (tertiary alicyclic amines) is 1. The summed E-state index contributed by atoms with van der Waals surface area (Å²) in [6, 6.07) is 9.28. The van der Waals surface area contributed by atoms with Gasteiger partial charge in [-0.25, -0.2) is 9.18 Å². The second kappa shape index (κ2) is 10.9. The molecule has 196 valence electrons. The molecule has 0 aromatic heterocycles. The zero-order valence-corrected chi connectivity index (χ0v) is 23.3. The normalized spacial score (nSPS) is 21.8. The summed E-state index contributed by atoms with van der Waals surface area (Å²) in [4.78, 5) is 15.0. The number of hydrogen-bond donors (Lipinski definition) is 0. The van der Waals surface area contributed by atoms with Crippen LogP contribution in [0.4, 0.5) is 4.39 Å². The van der Waals surface area contributed by atoms with Crippen LogP contribution in [0.25, 0.3) is 0 Å². The minimum absolute atomic E-state index is 0.0224. The fourth-order valence-electron chi connectivity index (χ4n) is 5.00. The summed E-state index contributed by atoms with van der Waals surface area (Å²) in [6.07, 6.45) is 4.13. The van der Waals surface area contributed by atoms with Gasteiger partial charge in [0.05, 0.1) is 12.2 Å². The average molecular weight is 537 g/mol. The molecule has 36 heavy (non-hydrogen) atoms. The Kier molecular flexibility index (Phi) is 8.23. The quantitative estimate of drug-likeness (QED) is 0.335. The van der Waals surface area contributed by atoms with Gasteiger partial charge in [-0.1, -0.05) is 23.2 Å². The van der Waals surface area contributed by atoms with E-state index in [4.69, 9.17) is 32.7 Å². The molecule has 0 spiro atoms. The number of halogens is 3. The van der Waals surface area contributed by atoms with Crippen LogP contribution in [0.3, 0.4) is 0 Å². The van der Waals surface area contributed by atoms with Gasteiger partial charge in [0.15, 0.2) is 0 Å². The van der Waals surface area contributed by atoms with Crippen LogP contribution < -0.4 is 4.74 Å². The lowest BCUT2D eigenvalue weighted by molar-refractivity contribution is 0.00645. The molecule has 2 aromatic rings. The molecule has 0 N–H and O–H groups in total. The van der Waals surface area contributed by atoms with E-state index in [1.54, 1.807) is 32.9 Å². The molecule has 1 heterocycles. The highest BCUT2D eigenvalue weighted by molar-refractivity contribution is 6.34. The molecule has 1 aliphatic heterocycles. The SMILES string of the molecule is C[C@@H]1CC[C@@H](COc2cc(F)c(C(=O)OC(C)(C)C)cc2C2CC2)CN1[C@H](C)c1cc(Cl)cc(Cl)c1. The minimum Gasteiger partial charge on any atom is -0.493 e. The van der Waals surface area contributed by atoms with Crippen LogP contribution in [0.1, 0.15) is 93.7 Å². The van der Waals surface area contributed by atoms with Crippen molar-refractivity contribution in [3.63, 3.8) is 0 Å². The summed E-state index contributed by atoms with van der Waals surface area (Å²) < 4.78 is 26.6. The van der Waals surface area contributed by atoms with Crippen molar-refractivity contribution in [2.75, 3.05) is 13.2 Å². The number of piperidine rings is 1. The highest BCUT2D eigenvalue weighted by atomic mass is 35.5. The number of carbonyl (C=O) groups is 1. The first-order valence-electron chi connectivity index (χ1n) is 12.8. The zero-order chi connectivity index (χ0) is 26.2. The molecule has 2 aliphatic rings. The van der Waals surface area contributed by atoms with Crippen LogP contribution in [0.15, 0.2) is 30.3 Å². The molecule has 2 fully saturated rings. The van der Waals surface area contributed by atoms with Crippen LogP contribution in [0.2, 0.25) is 10.0 Å². The van der Waals surface area contributed by atoms with Gasteiger partial charge in [-0.2, -0.15) is 0 Å². The molecular formula is C29H36Cl2FNO3. The number of benzene rings is 2. The van der Waals surface area contributed by atoms with E-state index in [0.29, 0.717) is 40.3 Å². The molecule has 0 amide bonds. The smallest absolute Gasteiger partial charge is 0.341 e. The molecule has 0 bridgehead atoms. The second-order valence-electron chi connectivity index (χ2n) is 11.3. The van der Waals surface area contributed by atoms with E-state index in [9.17, 15) is 9.18 Å². The Balaban J connectivity index is 1.46. The maximum atomic E-state index is 15.0. The Morgan fingerprint density at radius 1 is 1.08 bits per heavy atom. The summed E-state index contributed by atoms with van der Waals surface area (Å²) in [5.74, 6) is -0.0900. The van der Waals surface area contributed by atoms with E-state index >= 15 is 0 Å². The third-order valence-electron chi connectivity index (χ3n) is 7.10.